The molecule has 2 aromatic heterocycles. The number of nitrogens with two attached hydrogens (primary N) is 1. The Labute approximate surface area is 189 Å². The minimum atomic E-state index is -0.781. The topological polar surface area (TPSA) is 120 Å². The van der Waals surface area contributed by atoms with Gasteiger partial charge in [0.05, 0.1) is 11.6 Å². The first-order valence-electron chi connectivity index (χ1n) is 9.52. The van der Waals surface area contributed by atoms with Gasteiger partial charge in [-0.05, 0) is 64.0 Å². The number of primary amides is 1. The van der Waals surface area contributed by atoms with Crippen molar-refractivity contribution in [3.63, 3.8) is 0 Å². The summed E-state index contributed by atoms with van der Waals surface area (Å²) < 4.78 is 12.1. The van der Waals surface area contributed by atoms with Crippen molar-refractivity contribution in [1.82, 2.24) is 4.98 Å². The zero-order valence-corrected chi connectivity index (χ0v) is 18.6. The summed E-state index contributed by atoms with van der Waals surface area (Å²) in [6, 6.07) is 6.57. The average Bonchev–Trinajstić information content (AvgIpc) is 2.75. The molecule has 1 unspecified atom stereocenters. The van der Waals surface area contributed by atoms with Crippen LogP contribution < -0.4 is 15.9 Å². The van der Waals surface area contributed by atoms with Crippen molar-refractivity contribution < 1.29 is 13.9 Å². The number of ether oxygens (including phenoxy) is 1. The highest BCUT2D eigenvalue weighted by Gasteiger charge is 2.22. The molecule has 0 saturated heterocycles. The molecule has 1 aromatic carbocycles. The number of hydrogen-bond donors (Lipinski definition) is 1. The van der Waals surface area contributed by atoms with E-state index in [1.807, 2.05) is 13.0 Å². The molecular formula is C23H21ClN4O4. The van der Waals surface area contributed by atoms with Crippen molar-refractivity contribution in [3.05, 3.63) is 74.0 Å². The molecule has 0 saturated carbocycles. The van der Waals surface area contributed by atoms with Gasteiger partial charge in [-0.1, -0.05) is 11.6 Å². The lowest BCUT2D eigenvalue weighted by atomic mass is 10.0. The lowest BCUT2D eigenvalue weighted by Gasteiger charge is -2.19. The number of nitrogens with zero attached hydrogens (tertiary/aromatic N) is 3. The third-order valence-corrected chi connectivity index (χ3v) is 5.02. The molecule has 0 aliphatic heterocycles. The molecule has 0 aliphatic rings. The van der Waals surface area contributed by atoms with Gasteiger partial charge in [0.15, 0.2) is 22.6 Å². The van der Waals surface area contributed by atoms with Crippen LogP contribution in [0, 0.1) is 13.8 Å². The lowest BCUT2D eigenvalue weighted by Crippen LogP contribution is -2.17. The Balaban J connectivity index is 2.22. The summed E-state index contributed by atoms with van der Waals surface area (Å²) in [5.41, 5.74) is 7.45. The fraction of sp³-hybridized carbons (Fsp3) is 0.174. The predicted molar refractivity (Wildman–Crippen MR) is 126 cm³/mol. The summed E-state index contributed by atoms with van der Waals surface area (Å²) in [5.74, 6) is -0.395. The number of hydrogen-bond acceptors (Lipinski definition) is 7. The first kappa shape index (κ1) is 22.9. The molecule has 1 atom stereocenters. The van der Waals surface area contributed by atoms with Gasteiger partial charge >= 0.3 is 0 Å². The lowest BCUT2D eigenvalue weighted by molar-refractivity contribution is 0.0988. The van der Waals surface area contributed by atoms with E-state index >= 15 is 0 Å². The smallest absolute Gasteiger partial charge is 0.271 e. The van der Waals surface area contributed by atoms with Gasteiger partial charge in [0.1, 0.15) is 22.5 Å². The van der Waals surface area contributed by atoms with Crippen LogP contribution in [0.15, 0.2) is 49.7 Å². The van der Waals surface area contributed by atoms with Crippen LogP contribution in [0.3, 0.4) is 0 Å². The summed E-state index contributed by atoms with van der Waals surface area (Å²) in [6.45, 7) is 12.2. The number of fused-ring (bicyclic) bond motifs is 1. The van der Waals surface area contributed by atoms with Gasteiger partial charge in [-0.2, -0.15) is 0 Å². The highest BCUT2D eigenvalue weighted by Crippen LogP contribution is 2.32. The number of carbonyl (C=O) groups excluding carboxylic acids is 1. The second-order valence-electron chi connectivity index (χ2n) is 7.08. The van der Waals surface area contributed by atoms with Crippen LogP contribution in [0.1, 0.15) is 46.0 Å². The molecule has 9 heteroatoms. The minimum Gasteiger partial charge on any atom is -0.483 e. The van der Waals surface area contributed by atoms with Gasteiger partial charge < -0.3 is 14.9 Å². The van der Waals surface area contributed by atoms with Crippen LogP contribution in [-0.2, 0) is 0 Å². The fourth-order valence-corrected chi connectivity index (χ4v) is 3.47. The Hall–Kier alpha value is -3.78. The quantitative estimate of drug-likeness (QED) is 0.420. The van der Waals surface area contributed by atoms with Crippen molar-refractivity contribution >= 4 is 47.6 Å². The van der Waals surface area contributed by atoms with Crippen molar-refractivity contribution in [1.29, 1.82) is 0 Å². The highest BCUT2D eigenvalue weighted by atomic mass is 35.5. The Kier molecular flexibility index (Phi) is 6.55. The number of benzene rings is 1. The Morgan fingerprint density at radius 1 is 1.31 bits per heavy atom. The monoisotopic (exact) mass is 452 g/mol. The van der Waals surface area contributed by atoms with E-state index in [4.69, 9.17) is 26.5 Å². The van der Waals surface area contributed by atoms with E-state index in [1.165, 1.54) is 18.3 Å². The fourth-order valence-electron chi connectivity index (χ4n) is 3.32. The van der Waals surface area contributed by atoms with Gasteiger partial charge in [-0.3, -0.25) is 19.6 Å². The normalized spacial score (nSPS) is 12.4. The molecule has 0 bridgehead atoms. The summed E-state index contributed by atoms with van der Waals surface area (Å²) in [4.78, 5) is 36.4. The van der Waals surface area contributed by atoms with Gasteiger partial charge in [-0.25, -0.2) is 4.98 Å². The second kappa shape index (κ2) is 9.15. The summed E-state index contributed by atoms with van der Waals surface area (Å²) in [7, 11) is 0. The Morgan fingerprint density at radius 2 is 2.03 bits per heavy atom. The summed E-state index contributed by atoms with van der Waals surface area (Å²) in [6.07, 6.45) is 0.718. The number of halogens is 1. The molecule has 164 valence electrons. The predicted octanol–water partition coefficient (Wildman–Crippen LogP) is 4.40. The van der Waals surface area contributed by atoms with Crippen LogP contribution in [0.4, 0.5) is 0 Å². The van der Waals surface area contributed by atoms with Crippen molar-refractivity contribution in [2.75, 3.05) is 0 Å². The van der Waals surface area contributed by atoms with E-state index in [9.17, 15) is 9.59 Å². The van der Waals surface area contributed by atoms with Crippen LogP contribution in [0.2, 0.25) is 5.15 Å². The van der Waals surface area contributed by atoms with E-state index in [-0.39, 0.29) is 33.5 Å². The van der Waals surface area contributed by atoms with Crippen LogP contribution in [-0.4, -0.2) is 24.3 Å². The highest BCUT2D eigenvalue weighted by molar-refractivity contribution is 6.29. The van der Waals surface area contributed by atoms with E-state index in [0.717, 1.165) is 5.56 Å². The third kappa shape index (κ3) is 4.31. The van der Waals surface area contributed by atoms with Crippen LogP contribution in [0.25, 0.3) is 16.7 Å². The zero-order valence-electron chi connectivity index (χ0n) is 17.8. The maximum absolute atomic E-state index is 13.1. The molecule has 3 rings (SSSR count). The molecule has 2 N–H and O–H groups in total. The number of rotatable bonds is 7. The Bertz CT molecular complexity index is 1340. The van der Waals surface area contributed by atoms with E-state index in [1.54, 1.807) is 19.9 Å². The SMILES string of the molecule is C=N/C=C(\N=C)c1oc2c(C(C)Oc3ccc(Cl)nc3C(N)=O)cc(C)cc2c(=O)c1C. The molecule has 0 radical (unpaired) electrons. The van der Waals surface area contributed by atoms with Gasteiger partial charge in [0, 0.05) is 11.1 Å². The number of carbonyl (C=O) groups is 1. The van der Waals surface area contributed by atoms with Crippen molar-refractivity contribution in [2.24, 2.45) is 15.7 Å². The maximum atomic E-state index is 13.1. The summed E-state index contributed by atoms with van der Waals surface area (Å²) >= 11 is 5.88. The van der Waals surface area contributed by atoms with Crippen LogP contribution >= 0.6 is 11.6 Å². The van der Waals surface area contributed by atoms with Gasteiger partial charge in [-0.15, -0.1) is 0 Å². The second-order valence-corrected chi connectivity index (χ2v) is 7.46. The van der Waals surface area contributed by atoms with Gasteiger partial charge in [0.2, 0.25) is 0 Å². The average molecular weight is 453 g/mol. The van der Waals surface area contributed by atoms with Crippen molar-refractivity contribution in [3.8, 4) is 5.75 Å². The molecule has 2 heterocycles. The zero-order chi connectivity index (χ0) is 23.6. The molecule has 0 fully saturated rings. The number of aromatic nitrogens is 1. The van der Waals surface area contributed by atoms with E-state index in [0.29, 0.717) is 22.1 Å². The molecule has 3 aromatic rings. The number of pyridine rings is 1. The number of aryl methyl sites for hydroxylation is 1. The first-order valence-corrected chi connectivity index (χ1v) is 9.89. The summed E-state index contributed by atoms with van der Waals surface area (Å²) in [5, 5.41) is 0.494. The number of amides is 1. The molecule has 0 aliphatic carbocycles. The first-order chi connectivity index (χ1) is 15.2. The Morgan fingerprint density at radius 3 is 2.66 bits per heavy atom. The van der Waals surface area contributed by atoms with Crippen molar-refractivity contribution in [2.45, 2.75) is 26.9 Å². The molecule has 0 spiro atoms. The van der Waals surface area contributed by atoms with Gasteiger partial charge in [0.25, 0.3) is 5.91 Å². The molecule has 8 nitrogen and oxygen atoms in total. The van der Waals surface area contributed by atoms with Crippen LogP contribution in [0.5, 0.6) is 5.75 Å². The van der Waals surface area contributed by atoms with E-state index in [2.05, 4.69) is 28.4 Å². The molecular weight excluding hydrogens is 432 g/mol. The maximum Gasteiger partial charge on any atom is 0.271 e. The molecule has 1 amide bonds. The molecule has 32 heavy (non-hydrogen) atoms. The van der Waals surface area contributed by atoms with E-state index < -0.39 is 12.0 Å². The number of aliphatic imine (C=N–C) groups is 2. The largest absolute Gasteiger partial charge is 0.483 e. The third-order valence-electron chi connectivity index (χ3n) is 4.81. The standard InChI is InChI=1S/C23H21ClN4O4/c1-11-8-14(13(3)31-17-6-7-18(24)28-19(17)23(25)30)22-15(9-11)20(29)12(2)21(32-22)16(27-5)10-26-4/h6-10,13H,4-5H2,1-3H3,(H2,25,30)/b16-10-. The minimum absolute atomic E-state index is 0.0996.